The molecule has 2 aromatic rings. The van der Waals surface area contributed by atoms with Crippen LogP contribution in [0.25, 0.3) is 0 Å². The van der Waals surface area contributed by atoms with Gasteiger partial charge in [0.2, 0.25) is 5.91 Å². The molecule has 1 amide bonds. The van der Waals surface area contributed by atoms with Crippen LogP contribution >= 0.6 is 0 Å². The molecule has 4 rings (SSSR count). The maximum Gasteiger partial charge on any atom is 0.246 e. The summed E-state index contributed by atoms with van der Waals surface area (Å²) >= 11 is 0. The molecule has 0 aliphatic carbocycles. The molecule has 0 unspecified atom stereocenters. The fourth-order valence-electron chi connectivity index (χ4n) is 4.53. The number of carbonyl (C=O) groups excluding carboxylic acids is 1. The molecule has 2 aliphatic heterocycles. The van der Waals surface area contributed by atoms with Gasteiger partial charge < -0.3 is 14.2 Å². The van der Waals surface area contributed by atoms with Gasteiger partial charge in [0.1, 0.15) is 0 Å². The Hall–Kier alpha value is -2.34. The van der Waals surface area contributed by atoms with Gasteiger partial charge in [-0.3, -0.25) is 4.79 Å². The lowest BCUT2D eigenvalue weighted by Crippen LogP contribution is -2.56. The molecule has 2 aliphatic rings. The van der Waals surface area contributed by atoms with Crippen LogP contribution in [0.1, 0.15) is 44.7 Å². The van der Waals surface area contributed by atoms with Crippen molar-refractivity contribution in [2.75, 3.05) is 0 Å². The zero-order valence-corrected chi connectivity index (χ0v) is 18.5. The van der Waals surface area contributed by atoms with Gasteiger partial charge in [0.05, 0.1) is 37.6 Å². The quantitative estimate of drug-likeness (QED) is 0.648. The number of nitrogens with zero attached hydrogens (tertiary/aromatic N) is 1. The average Bonchev–Trinajstić information content (AvgIpc) is 3.05. The molecular formula is C26H31NO4. The first-order chi connectivity index (χ1) is 15.0. The third-order valence-corrected chi connectivity index (χ3v) is 6.57. The van der Waals surface area contributed by atoms with Crippen LogP contribution in [0, 0.1) is 5.41 Å². The van der Waals surface area contributed by atoms with E-state index in [9.17, 15) is 4.79 Å². The van der Waals surface area contributed by atoms with Gasteiger partial charge in [-0.15, -0.1) is 0 Å². The summed E-state index contributed by atoms with van der Waals surface area (Å²) in [6.07, 6.45) is 0.427. The number of hydrogen-bond donors (Lipinski definition) is 0. The van der Waals surface area contributed by atoms with Crippen LogP contribution < -0.4 is 0 Å². The second-order valence-electron chi connectivity index (χ2n) is 8.85. The predicted molar refractivity (Wildman–Crippen MR) is 120 cm³/mol. The van der Waals surface area contributed by atoms with E-state index in [0.29, 0.717) is 26.1 Å². The van der Waals surface area contributed by atoms with E-state index in [0.717, 1.165) is 16.8 Å². The summed E-state index contributed by atoms with van der Waals surface area (Å²) < 4.78 is 19.2. The van der Waals surface area contributed by atoms with Crippen molar-refractivity contribution in [3.8, 4) is 0 Å². The minimum Gasteiger partial charge on any atom is -0.371 e. The van der Waals surface area contributed by atoms with Gasteiger partial charge in [-0.05, 0) is 25.0 Å². The molecule has 0 radical (unpaired) electrons. The Morgan fingerprint density at radius 2 is 1.52 bits per heavy atom. The number of ether oxygens (including phenoxy) is 3. The number of rotatable bonds is 7. The van der Waals surface area contributed by atoms with E-state index >= 15 is 0 Å². The lowest BCUT2D eigenvalue weighted by molar-refractivity contribution is -0.217. The standard InChI is InChI=1S/C26H31NO4/c1-18-22(29-16-20-10-6-4-7-11-20)14-23(30-17-21-12-8-5-9-13-21)25(31-18)26(3)15-24(28)27-19(26)2/h4-13,18,22-23,25H,14-17H2,1-3H3/t18-,22-,23-,25-,26-/m1/s1. The van der Waals surface area contributed by atoms with Crippen molar-refractivity contribution in [1.29, 1.82) is 0 Å². The highest BCUT2D eigenvalue weighted by Crippen LogP contribution is 2.42. The lowest BCUT2D eigenvalue weighted by Gasteiger charge is -2.46. The number of carbonyl (C=O) groups is 1. The minimum absolute atomic E-state index is 0.0829. The molecule has 0 saturated carbocycles. The van der Waals surface area contributed by atoms with E-state index in [1.54, 1.807) is 0 Å². The lowest BCUT2D eigenvalue weighted by atomic mass is 9.74. The van der Waals surface area contributed by atoms with Crippen LogP contribution in [-0.4, -0.2) is 36.0 Å². The van der Waals surface area contributed by atoms with Crippen molar-refractivity contribution in [3.05, 3.63) is 71.8 Å². The molecule has 5 heteroatoms. The van der Waals surface area contributed by atoms with Gasteiger partial charge in [0.15, 0.2) is 0 Å². The smallest absolute Gasteiger partial charge is 0.246 e. The number of hydrogen-bond acceptors (Lipinski definition) is 4. The molecule has 1 saturated heterocycles. The van der Waals surface area contributed by atoms with Crippen molar-refractivity contribution in [2.45, 2.75) is 71.2 Å². The van der Waals surface area contributed by atoms with E-state index in [2.05, 4.69) is 36.2 Å². The van der Waals surface area contributed by atoms with E-state index in [1.807, 2.05) is 50.2 Å². The van der Waals surface area contributed by atoms with Crippen LogP contribution in [0.2, 0.25) is 0 Å². The monoisotopic (exact) mass is 421 g/mol. The van der Waals surface area contributed by atoms with E-state index in [1.165, 1.54) is 0 Å². The molecule has 0 aromatic heterocycles. The summed E-state index contributed by atoms with van der Waals surface area (Å²) in [5, 5.41) is 0. The van der Waals surface area contributed by atoms with E-state index in [-0.39, 0.29) is 30.3 Å². The fraction of sp³-hybridized carbons (Fsp3) is 0.462. The Labute approximate surface area is 184 Å². The van der Waals surface area contributed by atoms with Crippen LogP contribution in [-0.2, 0) is 32.2 Å². The van der Waals surface area contributed by atoms with E-state index in [4.69, 9.17) is 14.2 Å². The van der Waals surface area contributed by atoms with Crippen molar-refractivity contribution >= 4 is 11.6 Å². The highest BCUT2D eigenvalue weighted by Gasteiger charge is 2.51. The zero-order chi connectivity index (χ0) is 21.8. The van der Waals surface area contributed by atoms with Gasteiger partial charge in [0, 0.05) is 24.0 Å². The summed E-state index contributed by atoms with van der Waals surface area (Å²) in [5.41, 5.74) is 2.61. The van der Waals surface area contributed by atoms with Crippen molar-refractivity contribution < 1.29 is 19.0 Å². The highest BCUT2D eigenvalue weighted by molar-refractivity contribution is 6.05. The minimum atomic E-state index is -0.461. The number of aliphatic imine (C=N–C) groups is 1. The molecule has 2 aromatic carbocycles. The Morgan fingerprint density at radius 1 is 0.968 bits per heavy atom. The third kappa shape index (κ3) is 4.95. The zero-order valence-electron chi connectivity index (χ0n) is 18.5. The Kier molecular flexibility index (Phi) is 6.65. The molecule has 5 nitrogen and oxygen atoms in total. The molecule has 164 valence electrons. The predicted octanol–water partition coefficient (Wildman–Crippen LogP) is 4.73. The molecule has 0 bridgehead atoms. The molecule has 0 spiro atoms. The topological polar surface area (TPSA) is 57.1 Å². The Morgan fingerprint density at radius 3 is 2.03 bits per heavy atom. The summed E-state index contributed by atoms with van der Waals surface area (Å²) in [6, 6.07) is 20.3. The second kappa shape index (κ2) is 9.43. The Balaban J connectivity index is 1.50. The van der Waals surface area contributed by atoms with Gasteiger partial charge in [0.25, 0.3) is 0 Å². The largest absolute Gasteiger partial charge is 0.371 e. The molecule has 1 fully saturated rings. The first-order valence-electron chi connectivity index (χ1n) is 11.0. The second-order valence-corrected chi connectivity index (χ2v) is 8.85. The summed E-state index contributed by atoms with van der Waals surface area (Å²) in [7, 11) is 0. The summed E-state index contributed by atoms with van der Waals surface area (Å²) in [4.78, 5) is 16.3. The van der Waals surface area contributed by atoms with Crippen LogP contribution in [0.4, 0.5) is 0 Å². The molecular weight excluding hydrogens is 390 g/mol. The molecule has 0 N–H and O–H groups in total. The van der Waals surface area contributed by atoms with Gasteiger partial charge in [-0.2, -0.15) is 0 Å². The SMILES string of the molecule is CC1=NC(=O)C[C@@]1(C)[C@@H]1O[C@H](C)[C@H](OCc2ccccc2)C[C@H]1OCc1ccccc1. The molecule has 5 atom stereocenters. The summed E-state index contributed by atoms with van der Waals surface area (Å²) in [6.45, 7) is 7.06. The average molecular weight is 422 g/mol. The Bertz CT molecular complexity index is 914. The number of amides is 1. The number of benzene rings is 2. The van der Waals surface area contributed by atoms with Crippen LogP contribution in [0.3, 0.4) is 0 Å². The van der Waals surface area contributed by atoms with Gasteiger partial charge in [-0.25, -0.2) is 4.99 Å². The first-order valence-corrected chi connectivity index (χ1v) is 11.0. The molecule has 31 heavy (non-hydrogen) atoms. The summed E-state index contributed by atoms with van der Waals surface area (Å²) in [5.74, 6) is -0.0829. The normalized spacial score (nSPS) is 30.9. The van der Waals surface area contributed by atoms with Crippen LogP contribution in [0.5, 0.6) is 0 Å². The van der Waals surface area contributed by atoms with Crippen molar-refractivity contribution in [1.82, 2.24) is 0 Å². The van der Waals surface area contributed by atoms with Gasteiger partial charge >= 0.3 is 0 Å². The first kappa shape index (κ1) is 21.9. The van der Waals surface area contributed by atoms with Crippen LogP contribution in [0.15, 0.2) is 65.7 Å². The highest BCUT2D eigenvalue weighted by atomic mass is 16.6. The maximum atomic E-state index is 12.1. The van der Waals surface area contributed by atoms with E-state index < -0.39 is 5.41 Å². The fourth-order valence-corrected chi connectivity index (χ4v) is 4.53. The van der Waals surface area contributed by atoms with Crippen molar-refractivity contribution in [2.24, 2.45) is 10.4 Å². The third-order valence-electron chi connectivity index (χ3n) is 6.57. The van der Waals surface area contributed by atoms with Gasteiger partial charge in [-0.1, -0.05) is 67.6 Å². The van der Waals surface area contributed by atoms with Crippen molar-refractivity contribution in [3.63, 3.8) is 0 Å². The molecule has 2 heterocycles. The maximum absolute atomic E-state index is 12.1.